The van der Waals surface area contributed by atoms with Crippen LogP contribution in [0.4, 0.5) is 0 Å². The van der Waals surface area contributed by atoms with Gasteiger partial charge in [0, 0.05) is 24.9 Å². The molecule has 5 nitrogen and oxygen atoms in total. The van der Waals surface area contributed by atoms with Gasteiger partial charge < -0.3 is 14.4 Å². The lowest BCUT2D eigenvalue weighted by Gasteiger charge is -2.22. The van der Waals surface area contributed by atoms with Crippen LogP contribution >= 0.6 is 0 Å². The molecule has 122 valence electrons. The fraction of sp³-hybridized carbons (Fsp3) is 0.875. The standard InChI is InChI=1S/C16H29NO4/c1-5-16(6-7-16)15(19)17(4)8-9-20-10-11-21-12-14(18)13(2)3/h13H,5-12H2,1-4H3. The van der Waals surface area contributed by atoms with Crippen molar-refractivity contribution in [3.63, 3.8) is 0 Å². The molecular formula is C16H29NO4. The van der Waals surface area contributed by atoms with E-state index in [0.717, 1.165) is 19.3 Å². The Hall–Kier alpha value is -0.940. The molecule has 1 rings (SSSR count). The Morgan fingerprint density at radius 3 is 2.29 bits per heavy atom. The summed E-state index contributed by atoms with van der Waals surface area (Å²) >= 11 is 0. The Kier molecular flexibility index (Phi) is 7.32. The van der Waals surface area contributed by atoms with E-state index in [1.165, 1.54) is 0 Å². The van der Waals surface area contributed by atoms with E-state index in [9.17, 15) is 9.59 Å². The first-order valence-corrected chi connectivity index (χ1v) is 7.86. The summed E-state index contributed by atoms with van der Waals surface area (Å²) in [6.07, 6.45) is 2.96. The Labute approximate surface area is 128 Å². The number of Topliss-reactive ketones (excluding diaryl/α,β-unsaturated/α-hetero) is 1. The molecule has 0 atom stereocenters. The summed E-state index contributed by atoms with van der Waals surface area (Å²) in [6, 6.07) is 0. The summed E-state index contributed by atoms with van der Waals surface area (Å²) in [6.45, 7) is 7.91. The average Bonchev–Trinajstić information content (AvgIpc) is 3.25. The number of amides is 1. The third kappa shape index (κ3) is 5.75. The van der Waals surface area contributed by atoms with Gasteiger partial charge >= 0.3 is 0 Å². The van der Waals surface area contributed by atoms with Crippen LogP contribution in [0.2, 0.25) is 0 Å². The van der Waals surface area contributed by atoms with E-state index in [4.69, 9.17) is 9.47 Å². The minimum atomic E-state index is -0.0743. The molecule has 0 bridgehead atoms. The summed E-state index contributed by atoms with van der Waals surface area (Å²) in [5.41, 5.74) is -0.0743. The lowest BCUT2D eigenvalue weighted by Crippen LogP contribution is -2.36. The molecule has 1 saturated carbocycles. The van der Waals surface area contributed by atoms with Gasteiger partial charge in [-0.3, -0.25) is 9.59 Å². The molecule has 0 aromatic heterocycles. The number of carbonyl (C=O) groups excluding carboxylic acids is 2. The molecule has 0 unspecified atom stereocenters. The number of rotatable bonds is 11. The van der Waals surface area contributed by atoms with Crippen LogP contribution in [0.1, 0.15) is 40.0 Å². The van der Waals surface area contributed by atoms with Crippen LogP contribution in [0.25, 0.3) is 0 Å². The molecule has 0 aromatic carbocycles. The van der Waals surface area contributed by atoms with Crippen LogP contribution in [-0.2, 0) is 19.1 Å². The smallest absolute Gasteiger partial charge is 0.228 e. The number of nitrogens with zero attached hydrogens (tertiary/aromatic N) is 1. The molecule has 1 aliphatic carbocycles. The molecule has 0 N–H and O–H groups in total. The predicted molar refractivity (Wildman–Crippen MR) is 81.1 cm³/mol. The first-order valence-electron chi connectivity index (χ1n) is 7.86. The van der Waals surface area contributed by atoms with Crippen molar-refractivity contribution in [2.24, 2.45) is 11.3 Å². The van der Waals surface area contributed by atoms with Crippen LogP contribution in [0.15, 0.2) is 0 Å². The zero-order chi connectivity index (χ0) is 15.9. The number of ether oxygens (including phenoxy) is 2. The maximum atomic E-state index is 12.2. The van der Waals surface area contributed by atoms with E-state index in [-0.39, 0.29) is 29.6 Å². The van der Waals surface area contributed by atoms with Crippen LogP contribution in [0, 0.1) is 11.3 Å². The van der Waals surface area contributed by atoms with E-state index in [1.54, 1.807) is 4.90 Å². The van der Waals surface area contributed by atoms with Crippen molar-refractivity contribution in [3.8, 4) is 0 Å². The fourth-order valence-electron chi connectivity index (χ4n) is 2.14. The minimum absolute atomic E-state index is 0.0129. The summed E-state index contributed by atoms with van der Waals surface area (Å²) in [7, 11) is 1.83. The van der Waals surface area contributed by atoms with Crippen molar-refractivity contribution in [2.75, 3.05) is 40.0 Å². The molecule has 0 saturated heterocycles. The van der Waals surface area contributed by atoms with Crippen molar-refractivity contribution >= 4 is 11.7 Å². The highest BCUT2D eigenvalue weighted by Gasteiger charge is 2.49. The SMILES string of the molecule is CCC1(C(=O)N(C)CCOCCOCC(=O)C(C)C)CC1. The molecule has 0 heterocycles. The van der Waals surface area contributed by atoms with Gasteiger partial charge in [-0.2, -0.15) is 0 Å². The lowest BCUT2D eigenvalue weighted by molar-refractivity contribution is -0.136. The molecule has 5 heteroatoms. The van der Waals surface area contributed by atoms with Crippen molar-refractivity contribution in [1.82, 2.24) is 4.90 Å². The van der Waals surface area contributed by atoms with Crippen LogP contribution in [0.5, 0.6) is 0 Å². The molecule has 1 fully saturated rings. The summed E-state index contributed by atoms with van der Waals surface area (Å²) in [5, 5.41) is 0. The summed E-state index contributed by atoms with van der Waals surface area (Å²) < 4.78 is 10.7. The van der Waals surface area contributed by atoms with Gasteiger partial charge in [0.05, 0.1) is 19.8 Å². The highest BCUT2D eigenvalue weighted by molar-refractivity contribution is 5.85. The van der Waals surface area contributed by atoms with E-state index >= 15 is 0 Å². The zero-order valence-corrected chi connectivity index (χ0v) is 13.8. The number of likely N-dealkylation sites (N-methyl/N-ethyl adjacent to an activating group) is 1. The van der Waals surface area contributed by atoms with Crippen molar-refractivity contribution in [2.45, 2.75) is 40.0 Å². The highest BCUT2D eigenvalue weighted by atomic mass is 16.5. The Balaban J connectivity index is 2.01. The third-order valence-electron chi connectivity index (χ3n) is 4.16. The summed E-state index contributed by atoms with van der Waals surface area (Å²) in [5.74, 6) is 0.362. The second-order valence-corrected chi connectivity index (χ2v) is 6.15. The van der Waals surface area contributed by atoms with Gasteiger partial charge in [-0.1, -0.05) is 20.8 Å². The van der Waals surface area contributed by atoms with Gasteiger partial charge in [0.2, 0.25) is 5.91 Å². The second kappa shape index (κ2) is 8.49. The van der Waals surface area contributed by atoms with Crippen LogP contribution < -0.4 is 0 Å². The summed E-state index contributed by atoms with van der Waals surface area (Å²) in [4.78, 5) is 25.2. The van der Waals surface area contributed by atoms with E-state index in [1.807, 2.05) is 20.9 Å². The first-order chi connectivity index (χ1) is 9.93. The van der Waals surface area contributed by atoms with Gasteiger partial charge in [-0.15, -0.1) is 0 Å². The van der Waals surface area contributed by atoms with E-state index in [0.29, 0.717) is 26.4 Å². The maximum Gasteiger partial charge on any atom is 0.228 e. The van der Waals surface area contributed by atoms with Gasteiger partial charge in [0.1, 0.15) is 6.61 Å². The number of ketones is 1. The Morgan fingerprint density at radius 2 is 1.76 bits per heavy atom. The number of carbonyl (C=O) groups is 2. The van der Waals surface area contributed by atoms with Gasteiger partial charge in [-0.25, -0.2) is 0 Å². The molecular weight excluding hydrogens is 270 g/mol. The first kappa shape index (κ1) is 18.1. The number of hydrogen-bond acceptors (Lipinski definition) is 4. The van der Waals surface area contributed by atoms with Crippen molar-refractivity contribution in [3.05, 3.63) is 0 Å². The fourth-order valence-corrected chi connectivity index (χ4v) is 2.14. The monoisotopic (exact) mass is 299 g/mol. The largest absolute Gasteiger partial charge is 0.377 e. The Morgan fingerprint density at radius 1 is 1.14 bits per heavy atom. The molecule has 0 aliphatic heterocycles. The van der Waals surface area contributed by atoms with Crippen LogP contribution in [-0.4, -0.2) is 56.6 Å². The van der Waals surface area contributed by atoms with Crippen LogP contribution in [0.3, 0.4) is 0 Å². The van der Waals surface area contributed by atoms with E-state index < -0.39 is 0 Å². The Bertz CT molecular complexity index is 350. The molecule has 1 aliphatic rings. The van der Waals surface area contributed by atoms with Gasteiger partial charge in [0.15, 0.2) is 5.78 Å². The topological polar surface area (TPSA) is 55.8 Å². The molecule has 21 heavy (non-hydrogen) atoms. The lowest BCUT2D eigenvalue weighted by atomic mass is 10.0. The quantitative estimate of drug-likeness (QED) is 0.547. The van der Waals surface area contributed by atoms with Crippen molar-refractivity contribution < 1.29 is 19.1 Å². The number of hydrogen-bond donors (Lipinski definition) is 0. The molecule has 0 aromatic rings. The highest BCUT2D eigenvalue weighted by Crippen LogP contribution is 2.49. The minimum Gasteiger partial charge on any atom is -0.377 e. The maximum absolute atomic E-state index is 12.2. The molecule has 0 spiro atoms. The predicted octanol–water partition coefficient (Wildman–Crippen LogP) is 1.89. The second-order valence-electron chi connectivity index (χ2n) is 6.15. The van der Waals surface area contributed by atoms with Gasteiger partial charge in [-0.05, 0) is 19.3 Å². The molecule has 0 radical (unpaired) electrons. The van der Waals surface area contributed by atoms with E-state index in [2.05, 4.69) is 6.92 Å². The zero-order valence-electron chi connectivity index (χ0n) is 13.8. The van der Waals surface area contributed by atoms with Gasteiger partial charge in [0.25, 0.3) is 0 Å². The van der Waals surface area contributed by atoms with Crippen molar-refractivity contribution in [1.29, 1.82) is 0 Å². The molecule has 1 amide bonds. The normalized spacial score (nSPS) is 16.0. The third-order valence-corrected chi connectivity index (χ3v) is 4.16. The average molecular weight is 299 g/mol.